The summed E-state index contributed by atoms with van der Waals surface area (Å²) in [5.74, 6) is -0.255. The zero-order valence-corrected chi connectivity index (χ0v) is 20.3. The highest BCUT2D eigenvalue weighted by molar-refractivity contribution is 5.95. The summed E-state index contributed by atoms with van der Waals surface area (Å²) in [4.78, 5) is 24.9. The van der Waals surface area contributed by atoms with Gasteiger partial charge in [-0.05, 0) is 35.9 Å². The third-order valence-corrected chi connectivity index (χ3v) is 5.24. The molecule has 0 fully saturated rings. The van der Waals surface area contributed by atoms with Gasteiger partial charge < -0.3 is 29.6 Å². The van der Waals surface area contributed by atoms with Crippen molar-refractivity contribution in [3.05, 3.63) is 59.4 Å². The van der Waals surface area contributed by atoms with Gasteiger partial charge in [0.1, 0.15) is 31.3 Å². The van der Waals surface area contributed by atoms with Gasteiger partial charge in [-0.1, -0.05) is 11.3 Å². The van der Waals surface area contributed by atoms with Crippen molar-refractivity contribution >= 4 is 11.8 Å². The highest BCUT2D eigenvalue weighted by atomic mass is 19.4. The van der Waals surface area contributed by atoms with E-state index >= 15 is 0 Å². The summed E-state index contributed by atoms with van der Waals surface area (Å²) in [5.41, 5.74) is 0.879. The van der Waals surface area contributed by atoms with Gasteiger partial charge in [0.15, 0.2) is 17.2 Å². The van der Waals surface area contributed by atoms with Gasteiger partial charge in [0.05, 0.1) is 19.4 Å². The summed E-state index contributed by atoms with van der Waals surface area (Å²) >= 11 is 0. The van der Waals surface area contributed by atoms with Crippen LogP contribution in [0.2, 0.25) is 0 Å². The Balaban J connectivity index is 1.46. The molecule has 2 amide bonds. The maximum Gasteiger partial charge on any atom is 0.405 e. The van der Waals surface area contributed by atoms with Gasteiger partial charge in [-0.2, -0.15) is 13.2 Å². The molecule has 2 aromatic carbocycles. The Labute approximate surface area is 219 Å². The van der Waals surface area contributed by atoms with E-state index in [1.54, 1.807) is 23.5 Å². The Morgan fingerprint density at radius 1 is 1.00 bits per heavy atom. The monoisotopic (exact) mass is 553 g/mol. The van der Waals surface area contributed by atoms with Crippen molar-refractivity contribution in [3.63, 3.8) is 0 Å². The SMILES string of the molecule is O=C(NCC(F)(F)F)c1ccc(-n2cc(C(=O)NCc3ccc4c(c3)OCO4)nn2)c(OCCOCCF)c1. The van der Waals surface area contributed by atoms with Crippen molar-refractivity contribution in [1.29, 1.82) is 0 Å². The molecule has 39 heavy (non-hydrogen) atoms. The number of benzene rings is 2. The fourth-order valence-corrected chi connectivity index (χ4v) is 3.42. The van der Waals surface area contributed by atoms with Crippen LogP contribution in [0.15, 0.2) is 42.6 Å². The Bertz CT molecular complexity index is 1320. The molecule has 11 nitrogen and oxygen atoms in total. The molecule has 0 unspecified atom stereocenters. The van der Waals surface area contributed by atoms with Crippen LogP contribution in [0.4, 0.5) is 17.6 Å². The first-order valence-electron chi connectivity index (χ1n) is 11.6. The lowest BCUT2D eigenvalue weighted by atomic mass is 10.1. The van der Waals surface area contributed by atoms with Crippen LogP contribution in [0.5, 0.6) is 17.2 Å². The van der Waals surface area contributed by atoms with Crippen LogP contribution in [-0.4, -0.2) is 72.8 Å². The molecule has 1 aliphatic rings. The summed E-state index contributed by atoms with van der Waals surface area (Å²) in [6.07, 6.45) is -3.26. The summed E-state index contributed by atoms with van der Waals surface area (Å²) in [6, 6.07) is 9.12. The topological polar surface area (TPSA) is 126 Å². The van der Waals surface area contributed by atoms with Gasteiger partial charge in [-0.25, -0.2) is 9.07 Å². The zero-order valence-electron chi connectivity index (χ0n) is 20.3. The fraction of sp³-hybridized carbons (Fsp3) is 0.333. The molecule has 208 valence electrons. The number of rotatable bonds is 12. The molecule has 0 spiro atoms. The highest BCUT2D eigenvalue weighted by Crippen LogP contribution is 2.32. The average molecular weight is 553 g/mol. The number of hydrogen-bond acceptors (Lipinski definition) is 8. The Hall–Kier alpha value is -4.40. The molecule has 1 aromatic heterocycles. The molecule has 0 saturated carbocycles. The number of hydrogen-bond donors (Lipinski definition) is 2. The molecule has 4 rings (SSSR count). The molecule has 1 aliphatic heterocycles. The second-order valence-corrected chi connectivity index (χ2v) is 8.05. The summed E-state index contributed by atoms with van der Waals surface area (Å²) in [7, 11) is 0. The molecule has 0 saturated heterocycles. The lowest BCUT2D eigenvalue weighted by Gasteiger charge is -2.14. The number of carbonyl (C=O) groups excluding carboxylic acids is 2. The Morgan fingerprint density at radius 3 is 2.62 bits per heavy atom. The van der Waals surface area contributed by atoms with Gasteiger partial charge >= 0.3 is 6.18 Å². The molecule has 0 radical (unpaired) electrons. The number of amides is 2. The Morgan fingerprint density at radius 2 is 1.82 bits per heavy atom. The van der Waals surface area contributed by atoms with Crippen LogP contribution in [-0.2, 0) is 11.3 Å². The number of ether oxygens (including phenoxy) is 4. The highest BCUT2D eigenvalue weighted by Gasteiger charge is 2.28. The van der Waals surface area contributed by atoms with Crippen LogP contribution in [0, 0.1) is 0 Å². The average Bonchev–Trinajstić information content (AvgIpc) is 3.59. The predicted molar refractivity (Wildman–Crippen MR) is 126 cm³/mol. The molecule has 3 aromatic rings. The van der Waals surface area contributed by atoms with E-state index in [-0.39, 0.29) is 55.9 Å². The maximum atomic E-state index is 12.6. The van der Waals surface area contributed by atoms with E-state index in [1.165, 1.54) is 29.1 Å². The number of nitrogens with zero attached hydrogens (tertiary/aromatic N) is 3. The van der Waals surface area contributed by atoms with E-state index in [4.69, 9.17) is 18.9 Å². The van der Waals surface area contributed by atoms with Crippen LogP contribution in [0.1, 0.15) is 26.4 Å². The lowest BCUT2D eigenvalue weighted by molar-refractivity contribution is -0.123. The molecule has 0 bridgehead atoms. The van der Waals surface area contributed by atoms with Crippen molar-refractivity contribution in [2.75, 3.05) is 39.8 Å². The van der Waals surface area contributed by atoms with Crippen molar-refractivity contribution in [2.24, 2.45) is 0 Å². The first-order chi connectivity index (χ1) is 18.7. The smallest absolute Gasteiger partial charge is 0.405 e. The van der Waals surface area contributed by atoms with E-state index in [0.29, 0.717) is 11.5 Å². The number of carbonyl (C=O) groups is 2. The van der Waals surface area contributed by atoms with E-state index in [9.17, 15) is 27.2 Å². The molecule has 2 heterocycles. The minimum atomic E-state index is -4.58. The summed E-state index contributed by atoms with van der Waals surface area (Å²) in [6.45, 7) is -2.06. The third-order valence-electron chi connectivity index (χ3n) is 5.24. The van der Waals surface area contributed by atoms with Crippen molar-refractivity contribution in [2.45, 2.75) is 12.7 Å². The number of alkyl halides is 4. The summed E-state index contributed by atoms with van der Waals surface area (Å²) in [5, 5.41) is 12.3. The maximum absolute atomic E-state index is 12.6. The quantitative estimate of drug-likeness (QED) is 0.259. The van der Waals surface area contributed by atoms with Gasteiger partial charge in [-0.15, -0.1) is 5.10 Å². The van der Waals surface area contributed by atoms with Crippen molar-refractivity contribution in [3.8, 4) is 22.9 Å². The van der Waals surface area contributed by atoms with Crippen LogP contribution >= 0.6 is 0 Å². The van der Waals surface area contributed by atoms with Crippen molar-refractivity contribution in [1.82, 2.24) is 25.6 Å². The van der Waals surface area contributed by atoms with E-state index in [1.807, 2.05) is 0 Å². The van der Waals surface area contributed by atoms with Gasteiger partial charge in [-0.3, -0.25) is 9.59 Å². The van der Waals surface area contributed by atoms with Gasteiger partial charge in [0, 0.05) is 12.1 Å². The Kier molecular flexibility index (Phi) is 8.81. The summed E-state index contributed by atoms with van der Waals surface area (Å²) < 4.78 is 72.2. The molecule has 2 N–H and O–H groups in total. The van der Waals surface area contributed by atoms with Crippen molar-refractivity contribution < 1.29 is 46.1 Å². The second kappa shape index (κ2) is 12.4. The number of halogens is 4. The standard InChI is InChI=1S/C24H23F4N5O6/c25-5-6-36-7-8-37-20-10-16(22(34)30-13-24(26,27)28)2-3-18(20)33-12-17(31-32-33)23(35)29-11-15-1-4-19-21(9-15)39-14-38-19/h1-4,9-10,12H,5-8,11,13-14H2,(H,29,35)(H,30,34). The largest absolute Gasteiger partial charge is 0.489 e. The van der Waals surface area contributed by atoms with Crippen LogP contribution in [0.25, 0.3) is 5.69 Å². The number of fused-ring (bicyclic) bond motifs is 1. The van der Waals surface area contributed by atoms with Crippen LogP contribution < -0.4 is 24.8 Å². The molecule has 0 atom stereocenters. The lowest BCUT2D eigenvalue weighted by Crippen LogP contribution is -2.33. The minimum absolute atomic E-state index is 0.0126. The fourth-order valence-electron chi connectivity index (χ4n) is 3.42. The molecule has 0 aliphatic carbocycles. The first-order valence-corrected chi connectivity index (χ1v) is 11.6. The third kappa shape index (κ3) is 7.56. The van der Waals surface area contributed by atoms with Gasteiger partial charge in [0.2, 0.25) is 6.79 Å². The number of aromatic nitrogens is 3. The molecule has 15 heteroatoms. The molecular formula is C24H23F4N5O6. The predicted octanol–water partition coefficient (Wildman–Crippen LogP) is 2.58. The van der Waals surface area contributed by atoms with E-state index < -0.39 is 31.2 Å². The van der Waals surface area contributed by atoms with Gasteiger partial charge in [0.25, 0.3) is 11.8 Å². The van der Waals surface area contributed by atoms with Crippen LogP contribution in [0.3, 0.4) is 0 Å². The zero-order chi connectivity index (χ0) is 27.8. The van der Waals surface area contributed by atoms with E-state index in [2.05, 4.69) is 15.6 Å². The normalized spacial score (nSPS) is 12.3. The van der Waals surface area contributed by atoms with E-state index in [0.717, 1.165) is 5.56 Å². The second-order valence-electron chi connectivity index (χ2n) is 8.05. The first kappa shape index (κ1) is 27.6. The number of nitrogens with one attached hydrogen (secondary N) is 2. The minimum Gasteiger partial charge on any atom is -0.489 e. The molecular weight excluding hydrogens is 530 g/mol.